The number of nitrogens with one attached hydrogen (secondary N) is 1. The molecule has 0 amide bonds. The fraction of sp³-hybridized carbons (Fsp3) is 0.600. The van der Waals surface area contributed by atoms with Crippen molar-refractivity contribution in [3.05, 3.63) is 35.4 Å². The van der Waals surface area contributed by atoms with E-state index in [1.807, 2.05) is 0 Å². The van der Waals surface area contributed by atoms with Crippen molar-refractivity contribution < 1.29 is 4.74 Å². The summed E-state index contributed by atoms with van der Waals surface area (Å²) in [5.74, 6) is 0.664. The van der Waals surface area contributed by atoms with Gasteiger partial charge in [-0.3, -0.25) is 0 Å². The van der Waals surface area contributed by atoms with Crippen molar-refractivity contribution in [2.75, 3.05) is 13.1 Å². The van der Waals surface area contributed by atoms with Crippen molar-refractivity contribution in [3.8, 4) is 0 Å². The van der Waals surface area contributed by atoms with Gasteiger partial charge in [-0.25, -0.2) is 0 Å². The molecule has 0 radical (unpaired) electrons. The summed E-state index contributed by atoms with van der Waals surface area (Å²) in [5, 5.41) is 3.53. The first kappa shape index (κ1) is 11.2. The highest BCUT2D eigenvalue weighted by molar-refractivity contribution is 5.38. The Kier molecular flexibility index (Phi) is 2.72. The lowest BCUT2D eigenvalue weighted by Crippen LogP contribution is -2.52. The molecule has 1 saturated heterocycles. The topological polar surface area (TPSA) is 21.3 Å². The lowest BCUT2D eigenvalue weighted by molar-refractivity contribution is -0.124. The van der Waals surface area contributed by atoms with Crippen LogP contribution in [0.4, 0.5) is 0 Å². The highest BCUT2D eigenvalue weighted by Crippen LogP contribution is 2.44. The molecule has 1 fully saturated rings. The minimum atomic E-state index is -0.0687. The molecule has 1 N–H and O–H groups in total. The van der Waals surface area contributed by atoms with E-state index in [0.717, 1.165) is 19.5 Å². The van der Waals surface area contributed by atoms with Gasteiger partial charge >= 0.3 is 0 Å². The summed E-state index contributed by atoms with van der Waals surface area (Å²) in [6.07, 6.45) is 2.68. The van der Waals surface area contributed by atoms with Gasteiger partial charge in [0.1, 0.15) is 5.60 Å². The van der Waals surface area contributed by atoms with Gasteiger partial charge in [0.15, 0.2) is 0 Å². The number of morpholine rings is 1. The smallest absolute Gasteiger partial charge is 0.106 e. The molecule has 1 heterocycles. The van der Waals surface area contributed by atoms with E-state index in [4.69, 9.17) is 4.74 Å². The predicted molar refractivity (Wildman–Crippen MR) is 69.2 cm³/mol. The van der Waals surface area contributed by atoms with Gasteiger partial charge in [0, 0.05) is 13.1 Å². The summed E-state index contributed by atoms with van der Waals surface area (Å²) in [6.45, 7) is 6.42. The van der Waals surface area contributed by atoms with Gasteiger partial charge in [-0.15, -0.1) is 0 Å². The van der Waals surface area contributed by atoms with Gasteiger partial charge in [-0.1, -0.05) is 31.2 Å². The molecule has 0 bridgehead atoms. The molecule has 1 aromatic rings. The summed E-state index contributed by atoms with van der Waals surface area (Å²) in [4.78, 5) is 0. The Hall–Kier alpha value is -0.860. The van der Waals surface area contributed by atoms with E-state index in [1.165, 1.54) is 17.5 Å². The Balaban J connectivity index is 2.05. The van der Waals surface area contributed by atoms with Crippen molar-refractivity contribution in [2.24, 2.45) is 0 Å². The van der Waals surface area contributed by atoms with E-state index in [2.05, 4.69) is 43.4 Å². The zero-order valence-electron chi connectivity index (χ0n) is 10.7. The number of fused-ring (bicyclic) bond motifs is 2. The zero-order valence-corrected chi connectivity index (χ0v) is 10.7. The van der Waals surface area contributed by atoms with Crippen molar-refractivity contribution in [3.63, 3.8) is 0 Å². The Morgan fingerprint density at radius 1 is 1.29 bits per heavy atom. The second kappa shape index (κ2) is 4.11. The van der Waals surface area contributed by atoms with E-state index in [1.54, 1.807) is 0 Å². The molecule has 1 aliphatic carbocycles. The second-order valence-corrected chi connectivity index (χ2v) is 5.58. The maximum atomic E-state index is 6.33. The van der Waals surface area contributed by atoms with Crippen LogP contribution < -0.4 is 5.32 Å². The molecule has 3 unspecified atom stereocenters. The van der Waals surface area contributed by atoms with Crippen LogP contribution in [-0.2, 0) is 10.3 Å². The second-order valence-electron chi connectivity index (χ2n) is 5.58. The molecule has 3 rings (SSSR count). The molecule has 1 aromatic carbocycles. The molecular formula is C15H21NO. The van der Waals surface area contributed by atoms with E-state index in [0.29, 0.717) is 12.0 Å². The van der Waals surface area contributed by atoms with Gasteiger partial charge < -0.3 is 10.1 Å². The van der Waals surface area contributed by atoms with Gasteiger partial charge in [-0.05, 0) is 36.8 Å². The van der Waals surface area contributed by atoms with Crippen LogP contribution in [0.3, 0.4) is 0 Å². The predicted octanol–water partition coefficient (Wildman–Crippen LogP) is 2.79. The highest BCUT2D eigenvalue weighted by Gasteiger charge is 2.42. The lowest BCUT2D eigenvalue weighted by Gasteiger charge is -2.46. The first-order chi connectivity index (χ1) is 8.21. The maximum absolute atomic E-state index is 6.33. The molecule has 2 nitrogen and oxygen atoms in total. The number of hydrogen-bond donors (Lipinski definition) is 1. The summed E-state index contributed by atoms with van der Waals surface area (Å²) in [7, 11) is 0. The van der Waals surface area contributed by atoms with Crippen LogP contribution in [0.1, 0.15) is 43.7 Å². The fourth-order valence-corrected chi connectivity index (χ4v) is 3.33. The normalized spacial score (nSPS) is 36.8. The number of hydrogen-bond acceptors (Lipinski definition) is 2. The minimum absolute atomic E-state index is 0.0687. The average molecular weight is 231 g/mol. The molecule has 17 heavy (non-hydrogen) atoms. The number of benzene rings is 1. The molecular weight excluding hydrogens is 210 g/mol. The zero-order chi connectivity index (χ0) is 11.9. The highest BCUT2D eigenvalue weighted by atomic mass is 16.5. The van der Waals surface area contributed by atoms with Gasteiger partial charge in [0.2, 0.25) is 0 Å². The van der Waals surface area contributed by atoms with Crippen LogP contribution in [0.15, 0.2) is 24.3 Å². The molecule has 1 aliphatic heterocycles. The van der Waals surface area contributed by atoms with Crippen LogP contribution in [0.5, 0.6) is 0 Å². The Labute approximate surface area is 103 Å². The first-order valence-electron chi connectivity index (χ1n) is 6.69. The van der Waals surface area contributed by atoms with Crippen LogP contribution in [-0.4, -0.2) is 19.2 Å². The van der Waals surface area contributed by atoms with Gasteiger partial charge in [0.25, 0.3) is 0 Å². The maximum Gasteiger partial charge on any atom is 0.106 e. The molecule has 0 aromatic heterocycles. The molecule has 3 atom stereocenters. The average Bonchev–Trinajstić information content (AvgIpc) is 2.35. The molecule has 0 saturated carbocycles. The summed E-state index contributed by atoms with van der Waals surface area (Å²) in [6, 6.07) is 8.81. The van der Waals surface area contributed by atoms with Crippen molar-refractivity contribution in [2.45, 2.75) is 44.3 Å². The Morgan fingerprint density at radius 3 is 2.94 bits per heavy atom. The third-order valence-corrected chi connectivity index (χ3v) is 4.23. The number of ether oxygens (including phenoxy) is 1. The largest absolute Gasteiger partial charge is 0.365 e. The Morgan fingerprint density at radius 2 is 2.12 bits per heavy atom. The first-order valence-corrected chi connectivity index (χ1v) is 6.69. The van der Waals surface area contributed by atoms with E-state index < -0.39 is 0 Å². The lowest BCUT2D eigenvalue weighted by atomic mass is 9.73. The summed E-state index contributed by atoms with van der Waals surface area (Å²) in [5.41, 5.74) is 2.83. The van der Waals surface area contributed by atoms with Crippen LogP contribution in [0, 0.1) is 0 Å². The SMILES string of the molecule is CC1CNCC2(CCC(C)c3ccccc32)O1. The molecule has 92 valence electrons. The minimum Gasteiger partial charge on any atom is -0.365 e. The number of rotatable bonds is 0. The van der Waals surface area contributed by atoms with Crippen LogP contribution >= 0.6 is 0 Å². The van der Waals surface area contributed by atoms with E-state index >= 15 is 0 Å². The molecule has 1 spiro atoms. The van der Waals surface area contributed by atoms with Gasteiger partial charge in [-0.2, -0.15) is 0 Å². The van der Waals surface area contributed by atoms with Crippen molar-refractivity contribution >= 4 is 0 Å². The summed E-state index contributed by atoms with van der Waals surface area (Å²) < 4.78 is 6.33. The Bertz CT molecular complexity index is 417. The van der Waals surface area contributed by atoms with E-state index in [-0.39, 0.29) is 5.60 Å². The van der Waals surface area contributed by atoms with E-state index in [9.17, 15) is 0 Å². The monoisotopic (exact) mass is 231 g/mol. The van der Waals surface area contributed by atoms with Crippen molar-refractivity contribution in [1.29, 1.82) is 0 Å². The quantitative estimate of drug-likeness (QED) is 0.741. The third kappa shape index (κ3) is 1.80. The molecule has 2 aliphatic rings. The van der Waals surface area contributed by atoms with Crippen molar-refractivity contribution in [1.82, 2.24) is 5.32 Å². The summed E-state index contributed by atoms with van der Waals surface area (Å²) >= 11 is 0. The van der Waals surface area contributed by atoms with Crippen LogP contribution in [0.2, 0.25) is 0 Å². The molecule has 2 heteroatoms. The van der Waals surface area contributed by atoms with Gasteiger partial charge in [0.05, 0.1) is 6.10 Å². The third-order valence-electron chi connectivity index (χ3n) is 4.23. The fourth-order valence-electron chi connectivity index (χ4n) is 3.33. The standard InChI is InChI=1S/C15H21NO/c1-11-7-8-15(10-16-9-12(2)17-15)14-6-4-3-5-13(11)14/h3-6,11-12,16H,7-10H2,1-2H3. The van der Waals surface area contributed by atoms with Crippen LogP contribution in [0.25, 0.3) is 0 Å².